The summed E-state index contributed by atoms with van der Waals surface area (Å²) in [5.74, 6) is 0.728. The molecular formula is C17H19O2P. The van der Waals surface area contributed by atoms with Gasteiger partial charge in [-0.2, -0.15) is 0 Å². The molecule has 3 rings (SSSR count). The summed E-state index contributed by atoms with van der Waals surface area (Å²) >= 11 is 0. The minimum atomic E-state index is -2.20. The predicted octanol–water partition coefficient (Wildman–Crippen LogP) is 4.53. The Kier molecular flexibility index (Phi) is 3.22. The molecule has 1 heterocycles. The normalized spacial score (nSPS) is 17.1. The van der Waals surface area contributed by atoms with Gasteiger partial charge in [-0.15, -0.1) is 0 Å². The summed E-state index contributed by atoms with van der Waals surface area (Å²) in [6.45, 7) is 6.60. The molecule has 104 valence electrons. The molecule has 0 aromatic heterocycles. The lowest BCUT2D eigenvalue weighted by Crippen LogP contribution is -2.19. The van der Waals surface area contributed by atoms with Crippen LogP contribution < -0.4 is 9.83 Å². The van der Waals surface area contributed by atoms with Gasteiger partial charge in [-0.3, -0.25) is 4.57 Å². The second kappa shape index (κ2) is 4.79. The van der Waals surface area contributed by atoms with Crippen molar-refractivity contribution in [2.45, 2.75) is 32.6 Å². The van der Waals surface area contributed by atoms with Crippen LogP contribution in [-0.2, 0) is 9.98 Å². The fourth-order valence-electron chi connectivity index (χ4n) is 2.51. The summed E-state index contributed by atoms with van der Waals surface area (Å²) in [6, 6.07) is 14.1. The molecular weight excluding hydrogens is 267 g/mol. The minimum absolute atomic E-state index is 0.0914. The average Bonchev–Trinajstić information content (AvgIpc) is 2.47. The van der Waals surface area contributed by atoms with Gasteiger partial charge in [0.25, 0.3) is 8.03 Å². The van der Waals surface area contributed by atoms with Crippen LogP contribution in [0.3, 0.4) is 0 Å². The summed E-state index contributed by atoms with van der Waals surface area (Å²) in [6.07, 6.45) is 1.05. The van der Waals surface area contributed by atoms with Crippen LogP contribution in [-0.4, -0.2) is 0 Å². The lowest BCUT2D eigenvalue weighted by atomic mass is 9.81. The molecule has 0 spiro atoms. The highest BCUT2D eigenvalue weighted by Crippen LogP contribution is 2.43. The first-order valence-corrected chi connectivity index (χ1v) is 8.30. The summed E-state index contributed by atoms with van der Waals surface area (Å²) < 4.78 is 18.0. The van der Waals surface area contributed by atoms with Crippen molar-refractivity contribution in [1.29, 1.82) is 0 Å². The zero-order valence-electron chi connectivity index (χ0n) is 12.1. The highest BCUT2D eigenvalue weighted by Gasteiger charge is 2.25. The second-order valence-electron chi connectivity index (χ2n) is 5.88. The Labute approximate surface area is 120 Å². The van der Waals surface area contributed by atoms with Gasteiger partial charge in [-0.05, 0) is 35.1 Å². The average molecular weight is 286 g/mol. The van der Waals surface area contributed by atoms with E-state index in [2.05, 4.69) is 39.0 Å². The molecule has 2 aromatic carbocycles. The van der Waals surface area contributed by atoms with Crippen LogP contribution in [0.5, 0.6) is 5.75 Å². The van der Waals surface area contributed by atoms with Gasteiger partial charge in [0.2, 0.25) is 0 Å². The van der Waals surface area contributed by atoms with Gasteiger partial charge in [0.15, 0.2) is 0 Å². The maximum atomic E-state index is 12.4. The van der Waals surface area contributed by atoms with Crippen molar-refractivity contribution in [3.63, 3.8) is 0 Å². The number of hydrogen-bond acceptors (Lipinski definition) is 2. The molecule has 0 saturated heterocycles. The van der Waals surface area contributed by atoms with E-state index in [4.69, 9.17) is 4.52 Å². The Morgan fingerprint density at radius 1 is 1.10 bits per heavy atom. The maximum Gasteiger partial charge on any atom is 0.266 e. The van der Waals surface area contributed by atoms with Crippen LogP contribution in [0, 0.1) is 0 Å². The SMILES string of the molecule is CCC(C)(C)c1ccc2c(c1)[PH](=O)Oc1ccccc1-2. The number of rotatable bonds is 2. The predicted molar refractivity (Wildman–Crippen MR) is 84.5 cm³/mol. The highest BCUT2D eigenvalue weighted by molar-refractivity contribution is 7.49. The van der Waals surface area contributed by atoms with Gasteiger partial charge in [-0.25, -0.2) is 0 Å². The van der Waals surface area contributed by atoms with Crippen molar-refractivity contribution in [2.75, 3.05) is 0 Å². The zero-order chi connectivity index (χ0) is 14.3. The van der Waals surface area contributed by atoms with Crippen LogP contribution in [0.2, 0.25) is 0 Å². The van der Waals surface area contributed by atoms with Gasteiger partial charge in [-0.1, -0.05) is 51.1 Å². The van der Waals surface area contributed by atoms with E-state index in [0.717, 1.165) is 28.6 Å². The molecule has 0 radical (unpaired) electrons. The number of benzene rings is 2. The Bertz CT molecular complexity index is 689. The molecule has 1 aliphatic heterocycles. The third-order valence-electron chi connectivity index (χ3n) is 4.28. The Hall–Kier alpha value is -1.53. The van der Waals surface area contributed by atoms with E-state index >= 15 is 0 Å². The molecule has 20 heavy (non-hydrogen) atoms. The Morgan fingerprint density at radius 2 is 1.85 bits per heavy atom. The van der Waals surface area contributed by atoms with Crippen LogP contribution in [0.15, 0.2) is 42.5 Å². The summed E-state index contributed by atoms with van der Waals surface area (Å²) in [7, 11) is -2.20. The number of hydrogen-bond donors (Lipinski definition) is 0. The molecule has 1 unspecified atom stereocenters. The molecule has 0 saturated carbocycles. The van der Waals surface area contributed by atoms with Crippen molar-refractivity contribution < 1.29 is 9.09 Å². The fraction of sp³-hybridized carbons (Fsp3) is 0.294. The van der Waals surface area contributed by atoms with E-state index in [1.165, 1.54) is 5.56 Å². The van der Waals surface area contributed by atoms with Gasteiger partial charge < -0.3 is 4.52 Å². The third-order valence-corrected chi connectivity index (χ3v) is 5.54. The summed E-state index contributed by atoms with van der Waals surface area (Å²) in [5.41, 5.74) is 3.40. The first kappa shape index (κ1) is 13.5. The van der Waals surface area contributed by atoms with E-state index in [9.17, 15) is 4.57 Å². The molecule has 0 N–H and O–H groups in total. The summed E-state index contributed by atoms with van der Waals surface area (Å²) in [5, 5.41) is 0.854. The quantitative estimate of drug-likeness (QED) is 0.758. The fourth-order valence-corrected chi connectivity index (χ4v) is 3.71. The number of fused-ring (bicyclic) bond motifs is 3. The first-order valence-electron chi connectivity index (χ1n) is 6.99. The van der Waals surface area contributed by atoms with Crippen molar-refractivity contribution in [3.8, 4) is 16.9 Å². The molecule has 0 fully saturated rings. The topological polar surface area (TPSA) is 26.3 Å². The van der Waals surface area contributed by atoms with Gasteiger partial charge in [0, 0.05) is 5.56 Å². The molecule has 1 aliphatic rings. The monoisotopic (exact) mass is 286 g/mol. The molecule has 0 aliphatic carbocycles. The van der Waals surface area contributed by atoms with Gasteiger partial charge in [0.1, 0.15) is 5.75 Å². The van der Waals surface area contributed by atoms with Crippen LogP contribution in [0.25, 0.3) is 11.1 Å². The van der Waals surface area contributed by atoms with Gasteiger partial charge in [0.05, 0.1) is 5.30 Å². The van der Waals surface area contributed by atoms with Crippen molar-refractivity contribution in [1.82, 2.24) is 0 Å². The van der Waals surface area contributed by atoms with Crippen molar-refractivity contribution >= 4 is 13.3 Å². The molecule has 0 bridgehead atoms. The van der Waals surface area contributed by atoms with E-state index in [1.54, 1.807) is 0 Å². The smallest absolute Gasteiger partial charge is 0.266 e. The highest BCUT2D eigenvalue weighted by atomic mass is 31.1. The van der Waals surface area contributed by atoms with E-state index in [0.29, 0.717) is 0 Å². The second-order valence-corrected chi connectivity index (χ2v) is 7.20. The molecule has 2 aromatic rings. The first-order chi connectivity index (χ1) is 9.53. The summed E-state index contributed by atoms with van der Waals surface area (Å²) in [4.78, 5) is 0. The third kappa shape index (κ3) is 2.09. The Morgan fingerprint density at radius 3 is 2.60 bits per heavy atom. The van der Waals surface area contributed by atoms with E-state index in [-0.39, 0.29) is 5.41 Å². The maximum absolute atomic E-state index is 12.4. The van der Waals surface area contributed by atoms with Crippen molar-refractivity contribution in [3.05, 3.63) is 48.0 Å². The zero-order valence-corrected chi connectivity index (χ0v) is 13.1. The minimum Gasteiger partial charge on any atom is -0.441 e. The lowest BCUT2D eigenvalue weighted by Gasteiger charge is -2.26. The largest absolute Gasteiger partial charge is 0.441 e. The Balaban J connectivity index is 2.18. The van der Waals surface area contributed by atoms with E-state index < -0.39 is 8.03 Å². The van der Waals surface area contributed by atoms with Crippen LogP contribution >= 0.6 is 8.03 Å². The standard InChI is InChI=1S/C17H19O2P/c1-4-17(2,3)12-9-10-14-13-7-5-6-8-15(13)19-20(18)16(14)11-12/h5-11,20H,4H2,1-3H3. The molecule has 3 heteroatoms. The van der Waals surface area contributed by atoms with E-state index in [1.807, 2.05) is 24.3 Å². The lowest BCUT2D eigenvalue weighted by molar-refractivity contribution is 0.504. The molecule has 1 atom stereocenters. The van der Waals surface area contributed by atoms with Gasteiger partial charge >= 0.3 is 0 Å². The molecule has 0 amide bonds. The van der Waals surface area contributed by atoms with Crippen molar-refractivity contribution in [2.24, 2.45) is 0 Å². The number of para-hydroxylation sites is 1. The van der Waals surface area contributed by atoms with Crippen LogP contribution in [0.4, 0.5) is 0 Å². The van der Waals surface area contributed by atoms with Crippen LogP contribution in [0.1, 0.15) is 32.8 Å². The molecule has 2 nitrogen and oxygen atoms in total.